The molecule has 0 fully saturated rings. The molecule has 5 nitrogen and oxygen atoms in total. The molecule has 20 heavy (non-hydrogen) atoms. The Kier molecular flexibility index (Phi) is 6.61. The van der Waals surface area contributed by atoms with Gasteiger partial charge in [-0.1, -0.05) is 23.2 Å². The second kappa shape index (κ2) is 7.97. The Balaban J connectivity index is 2.48. The third-order valence-electron chi connectivity index (χ3n) is 2.34. The molecule has 1 amide bonds. The van der Waals surface area contributed by atoms with Crippen molar-refractivity contribution in [3.05, 3.63) is 28.2 Å². The second-order valence-corrected chi connectivity index (χ2v) is 4.76. The van der Waals surface area contributed by atoms with Crippen LogP contribution >= 0.6 is 23.2 Å². The first-order valence-corrected chi connectivity index (χ1v) is 6.67. The molecule has 0 N–H and O–H groups in total. The highest BCUT2D eigenvalue weighted by atomic mass is 35.5. The SMILES string of the molecule is CCOC(=O)CN(C)C(=O)COc1ccc(Cl)cc1Cl. The van der Waals surface area contributed by atoms with E-state index in [-0.39, 0.29) is 25.7 Å². The molecule has 0 saturated carbocycles. The van der Waals surface area contributed by atoms with Gasteiger partial charge in [0.05, 0.1) is 11.6 Å². The zero-order valence-corrected chi connectivity index (χ0v) is 12.7. The minimum atomic E-state index is -0.465. The van der Waals surface area contributed by atoms with Crippen LogP contribution in [0.5, 0.6) is 5.75 Å². The summed E-state index contributed by atoms with van der Waals surface area (Å²) < 4.78 is 10.0. The highest BCUT2D eigenvalue weighted by molar-refractivity contribution is 6.35. The standard InChI is InChI=1S/C13H15Cl2NO4/c1-3-19-13(18)7-16(2)12(17)8-20-11-5-4-9(14)6-10(11)15/h4-6H,3,7-8H2,1-2H3. The van der Waals surface area contributed by atoms with Crippen LogP contribution in [0.2, 0.25) is 10.0 Å². The molecule has 1 aromatic rings. The summed E-state index contributed by atoms with van der Waals surface area (Å²) in [6.45, 7) is 1.63. The molecule has 0 radical (unpaired) electrons. The Bertz CT molecular complexity index is 493. The van der Waals surface area contributed by atoms with Crippen LogP contribution < -0.4 is 4.74 Å². The average molecular weight is 320 g/mol. The van der Waals surface area contributed by atoms with E-state index in [4.69, 9.17) is 32.7 Å². The van der Waals surface area contributed by atoms with E-state index in [2.05, 4.69) is 0 Å². The molecule has 1 aromatic carbocycles. The van der Waals surface area contributed by atoms with E-state index in [9.17, 15) is 9.59 Å². The third-order valence-corrected chi connectivity index (χ3v) is 2.87. The van der Waals surface area contributed by atoms with Crippen LogP contribution in [0.25, 0.3) is 0 Å². The van der Waals surface area contributed by atoms with Gasteiger partial charge in [0.1, 0.15) is 12.3 Å². The topological polar surface area (TPSA) is 55.8 Å². The summed E-state index contributed by atoms with van der Waals surface area (Å²) in [5, 5.41) is 0.798. The lowest BCUT2D eigenvalue weighted by molar-refractivity contribution is -0.148. The minimum Gasteiger partial charge on any atom is -0.482 e. The molecule has 110 valence electrons. The Morgan fingerprint density at radius 3 is 2.60 bits per heavy atom. The largest absolute Gasteiger partial charge is 0.482 e. The molecular formula is C13H15Cl2NO4. The number of esters is 1. The van der Waals surface area contributed by atoms with E-state index >= 15 is 0 Å². The maximum absolute atomic E-state index is 11.8. The van der Waals surface area contributed by atoms with Gasteiger partial charge in [0.15, 0.2) is 6.61 Å². The quantitative estimate of drug-likeness (QED) is 0.755. The molecule has 0 heterocycles. The van der Waals surface area contributed by atoms with Crippen LogP contribution in [-0.4, -0.2) is 43.6 Å². The van der Waals surface area contributed by atoms with E-state index in [0.29, 0.717) is 15.8 Å². The summed E-state index contributed by atoms with van der Waals surface area (Å²) in [7, 11) is 1.49. The smallest absolute Gasteiger partial charge is 0.325 e. The van der Waals surface area contributed by atoms with Crippen molar-refractivity contribution in [2.24, 2.45) is 0 Å². The zero-order chi connectivity index (χ0) is 15.1. The van der Waals surface area contributed by atoms with Crippen molar-refractivity contribution in [3.63, 3.8) is 0 Å². The number of rotatable bonds is 6. The number of carbonyl (C=O) groups is 2. The number of ether oxygens (including phenoxy) is 2. The number of halogens is 2. The molecule has 0 atom stereocenters. The first-order valence-electron chi connectivity index (χ1n) is 5.91. The van der Waals surface area contributed by atoms with Gasteiger partial charge >= 0.3 is 5.97 Å². The molecule has 0 aliphatic rings. The maximum atomic E-state index is 11.8. The van der Waals surface area contributed by atoms with E-state index < -0.39 is 5.97 Å². The van der Waals surface area contributed by atoms with E-state index in [1.54, 1.807) is 19.1 Å². The number of benzene rings is 1. The molecule has 0 aliphatic carbocycles. The second-order valence-electron chi connectivity index (χ2n) is 3.92. The Hall–Kier alpha value is -1.46. The van der Waals surface area contributed by atoms with Crippen LogP contribution in [0.15, 0.2) is 18.2 Å². The summed E-state index contributed by atoms with van der Waals surface area (Å²) in [5.41, 5.74) is 0. The molecule has 0 bridgehead atoms. The monoisotopic (exact) mass is 319 g/mol. The summed E-state index contributed by atoms with van der Waals surface area (Å²) in [6, 6.07) is 4.70. The minimum absolute atomic E-state index is 0.121. The number of hydrogen-bond acceptors (Lipinski definition) is 4. The van der Waals surface area contributed by atoms with E-state index in [1.807, 2.05) is 0 Å². The third kappa shape index (κ3) is 5.27. The van der Waals surface area contributed by atoms with Crippen LogP contribution in [0.4, 0.5) is 0 Å². The summed E-state index contributed by atoms with van der Waals surface area (Å²) in [5.74, 6) is -0.467. The van der Waals surface area contributed by atoms with Gasteiger partial charge in [-0.05, 0) is 25.1 Å². The van der Waals surface area contributed by atoms with Crippen LogP contribution in [0, 0.1) is 0 Å². The van der Waals surface area contributed by atoms with Crippen molar-refractivity contribution < 1.29 is 19.1 Å². The van der Waals surface area contributed by atoms with Gasteiger partial charge in [-0.25, -0.2) is 0 Å². The number of carbonyl (C=O) groups excluding carboxylic acids is 2. The fourth-order valence-corrected chi connectivity index (χ4v) is 1.79. The molecule has 0 saturated heterocycles. The van der Waals surface area contributed by atoms with E-state index in [1.165, 1.54) is 18.0 Å². The molecule has 0 aliphatic heterocycles. The van der Waals surface area contributed by atoms with Crippen molar-refractivity contribution in [1.29, 1.82) is 0 Å². The first-order chi connectivity index (χ1) is 9.43. The molecule has 0 aromatic heterocycles. The Morgan fingerprint density at radius 1 is 1.30 bits per heavy atom. The van der Waals surface area contributed by atoms with Gasteiger partial charge in [0, 0.05) is 12.1 Å². The average Bonchev–Trinajstić information content (AvgIpc) is 2.37. The maximum Gasteiger partial charge on any atom is 0.325 e. The normalized spacial score (nSPS) is 10.0. The lowest BCUT2D eigenvalue weighted by Gasteiger charge is -2.16. The lowest BCUT2D eigenvalue weighted by Crippen LogP contribution is -2.36. The van der Waals surface area contributed by atoms with Crippen molar-refractivity contribution in [2.75, 3.05) is 26.8 Å². The molecule has 7 heteroatoms. The van der Waals surface area contributed by atoms with Crippen LogP contribution in [0.3, 0.4) is 0 Å². The summed E-state index contributed by atoms with van der Waals surface area (Å²) in [6.07, 6.45) is 0. The van der Waals surface area contributed by atoms with Crippen molar-refractivity contribution in [3.8, 4) is 5.75 Å². The van der Waals surface area contributed by atoms with Gasteiger partial charge in [-0.15, -0.1) is 0 Å². The fraction of sp³-hybridized carbons (Fsp3) is 0.385. The first kappa shape index (κ1) is 16.6. The zero-order valence-electron chi connectivity index (χ0n) is 11.2. The molecule has 0 spiro atoms. The predicted octanol–water partition coefficient (Wildman–Crippen LogP) is 2.39. The fourth-order valence-electron chi connectivity index (χ4n) is 1.33. The van der Waals surface area contributed by atoms with Crippen LogP contribution in [-0.2, 0) is 14.3 Å². The Morgan fingerprint density at radius 2 is 2.00 bits per heavy atom. The number of likely N-dealkylation sites (N-methyl/N-ethyl adjacent to an activating group) is 1. The highest BCUT2D eigenvalue weighted by Crippen LogP contribution is 2.27. The number of amides is 1. The number of hydrogen-bond donors (Lipinski definition) is 0. The van der Waals surface area contributed by atoms with Crippen molar-refractivity contribution >= 4 is 35.1 Å². The molecular weight excluding hydrogens is 305 g/mol. The summed E-state index contributed by atoms with van der Waals surface area (Å²) >= 11 is 11.7. The van der Waals surface area contributed by atoms with Gasteiger partial charge in [0.2, 0.25) is 0 Å². The summed E-state index contributed by atoms with van der Waals surface area (Å²) in [4.78, 5) is 24.2. The number of nitrogens with zero attached hydrogens (tertiary/aromatic N) is 1. The highest BCUT2D eigenvalue weighted by Gasteiger charge is 2.14. The van der Waals surface area contributed by atoms with Gasteiger partial charge < -0.3 is 14.4 Å². The predicted molar refractivity (Wildman–Crippen MR) is 76.2 cm³/mol. The van der Waals surface area contributed by atoms with Gasteiger partial charge in [-0.2, -0.15) is 0 Å². The Labute approximate surface area is 127 Å². The van der Waals surface area contributed by atoms with Gasteiger partial charge in [-0.3, -0.25) is 9.59 Å². The molecule has 1 rings (SSSR count). The van der Waals surface area contributed by atoms with Crippen molar-refractivity contribution in [1.82, 2.24) is 4.90 Å². The van der Waals surface area contributed by atoms with Crippen molar-refractivity contribution in [2.45, 2.75) is 6.92 Å². The molecule has 0 unspecified atom stereocenters. The lowest BCUT2D eigenvalue weighted by atomic mass is 10.3. The van der Waals surface area contributed by atoms with Gasteiger partial charge in [0.25, 0.3) is 5.91 Å². The van der Waals surface area contributed by atoms with E-state index in [0.717, 1.165) is 0 Å². The van der Waals surface area contributed by atoms with Crippen LogP contribution in [0.1, 0.15) is 6.92 Å².